The predicted octanol–water partition coefficient (Wildman–Crippen LogP) is 5.60. The van der Waals surface area contributed by atoms with Crippen LogP contribution in [-0.2, 0) is 15.8 Å². The summed E-state index contributed by atoms with van der Waals surface area (Å²) in [5.41, 5.74) is -1.23. The summed E-state index contributed by atoms with van der Waals surface area (Å²) in [6.45, 7) is 0. The van der Waals surface area contributed by atoms with E-state index in [9.17, 15) is 27.6 Å². The average Bonchev–Trinajstić information content (AvgIpc) is 3.17. The zero-order valence-corrected chi connectivity index (χ0v) is 19.3. The summed E-state index contributed by atoms with van der Waals surface area (Å²) in [5.74, 6) is -1.59. The van der Waals surface area contributed by atoms with E-state index >= 15 is 4.39 Å². The van der Waals surface area contributed by atoms with Crippen LogP contribution in [0.3, 0.4) is 0 Å². The Morgan fingerprint density at radius 1 is 1.11 bits per heavy atom. The third-order valence-electron chi connectivity index (χ3n) is 7.26. The molecule has 180 valence electrons. The number of imide groups is 1. The van der Waals surface area contributed by atoms with Gasteiger partial charge in [0, 0.05) is 16.7 Å². The maximum absolute atomic E-state index is 15.0. The fourth-order valence-electron chi connectivity index (χ4n) is 5.60. The van der Waals surface area contributed by atoms with Crippen molar-refractivity contribution in [3.05, 3.63) is 81.5 Å². The number of rotatable bonds is 4. The Balaban J connectivity index is 1.22. The first-order valence-corrected chi connectivity index (χ1v) is 13.1. The maximum atomic E-state index is 15.0. The van der Waals surface area contributed by atoms with Crippen molar-refractivity contribution in [1.82, 2.24) is 0 Å². The van der Waals surface area contributed by atoms with E-state index in [1.807, 2.05) is 6.08 Å². The standard InChI is InChI=1S/C25H16ClF4NO3S/c26-16-4-3-13(10-15(16)25(28,29)30)19(32)6-2-12-1-5-18(17(27)9-12)31-23(33)21-14-7-8-35(11-20(14)35)22(21)24(31)34/h1-10,14,20-22H,11H2/b6-2+. The first-order chi connectivity index (χ1) is 16.5. The zero-order valence-electron chi connectivity index (χ0n) is 17.8. The van der Waals surface area contributed by atoms with E-state index in [4.69, 9.17) is 11.6 Å². The fourth-order valence-corrected chi connectivity index (χ4v) is 10.7. The molecule has 2 aromatic rings. The van der Waals surface area contributed by atoms with Crippen molar-refractivity contribution >= 4 is 51.0 Å². The van der Waals surface area contributed by atoms with Crippen molar-refractivity contribution in [2.24, 2.45) is 11.8 Å². The number of halogens is 5. The Kier molecular flexibility index (Phi) is 4.70. The minimum Gasteiger partial charge on any atom is -0.289 e. The van der Waals surface area contributed by atoms with E-state index in [1.54, 1.807) is 0 Å². The van der Waals surface area contributed by atoms with Gasteiger partial charge in [-0.3, -0.25) is 14.4 Å². The van der Waals surface area contributed by atoms with Crippen molar-refractivity contribution in [1.29, 1.82) is 0 Å². The number of fused-ring (bicyclic) bond motifs is 2. The molecule has 2 bridgehead atoms. The van der Waals surface area contributed by atoms with Gasteiger partial charge in [-0.15, -0.1) is 0 Å². The molecule has 4 heterocycles. The molecule has 6 rings (SSSR count). The third-order valence-corrected chi connectivity index (χ3v) is 11.8. The smallest absolute Gasteiger partial charge is 0.289 e. The van der Waals surface area contributed by atoms with Crippen LogP contribution in [0.5, 0.6) is 0 Å². The highest BCUT2D eigenvalue weighted by Crippen LogP contribution is 2.86. The van der Waals surface area contributed by atoms with Gasteiger partial charge in [-0.2, -0.15) is 13.2 Å². The largest absolute Gasteiger partial charge is 0.417 e. The molecule has 4 aliphatic heterocycles. The number of carbonyl (C=O) groups is 3. The van der Waals surface area contributed by atoms with Crippen LogP contribution in [0, 0.1) is 17.7 Å². The predicted molar refractivity (Wildman–Crippen MR) is 125 cm³/mol. The molecule has 10 heteroatoms. The summed E-state index contributed by atoms with van der Waals surface area (Å²) in [6.07, 6.45) is -0.399. The molecule has 4 aliphatic rings. The van der Waals surface area contributed by atoms with E-state index in [1.165, 1.54) is 24.3 Å². The lowest BCUT2D eigenvalue weighted by Crippen LogP contribution is -2.33. The third kappa shape index (κ3) is 3.17. The molecule has 2 amide bonds. The Labute approximate surface area is 203 Å². The van der Waals surface area contributed by atoms with Gasteiger partial charge in [0.2, 0.25) is 11.8 Å². The topological polar surface area (TPSA) is 54.5 Å². The van der Waals surface area contributed by atoms with Gasteiger partial charge in [-0.25, -0.2) is 19.3 Å². The van der Waals surface area contributed by atoms with Crippen LogP contribution >= 0.6 is 21.6 Å². The molecule has 3 fully saturated rings. The van der Waals surface area contributed by atoms with E-state index in [-0.39, 0.29) is 39.8 Å². The summed E-state index contributed by atoms with van der Waals surface area (Å²) in [7, 11) is -1.22. The molecule has 35 heavy (non-hydrogen) atoms. The highest BCUT2D eigenvalue weighted by molar-refractivity contribution is 8.43. The number of carbonyl (C=O) groups excluding carboxylic acids is 3. The molecule has 0 radical (unpaired) electrons. The van der Waals surface area contributed by atoms with Gasteiger partial charge < -0.3 is 0 Å². The minimum atomic E-state index is -4.71. The van der Waals surface area contributed by atoms with Crippen LogP contribution in [0.4, 0.5) is 23.2 Å². The second kappa shape index (κ2) is 7.30. The molecule has 0 aliphatic carbocycles. The quantitative estimate of drug-likeness (QED) is 0.173. The van der Waals surface area contributed by atoms with Gasteiger partial charge in [0.25, 0.3) is 0 Å². The Bertz CT molecular complexity index is 1400. The van der Waals surface area contributed by atoms with Crippen molar-refractivity contribution < 1.29 is 31.9 Å². The molecule has 4 nitrogen and oxygen atoms in total. The van der Waals surface area contributed by atoms with Crippen LogP contribution < -0.4 is 4.90 Å². The zero-order chi connectivity index (χ0) is 24.9. The summed E-state index contributed by atoms with van der Waals surface area (Å²) >= 11 is 5.58. The van der Waals surface area contributed by atoms with Crippen molar-refractivity contribution in [2.45, 2.75) is 16.7 Å². The lowest BCUT2D eigenvalue weighted by atomic mass is 9.88. The van der Waals surface area contributed by atoms with Gasteiger partial charge in [0.15, 0.2) is 5.78 Å². The normalized spacial score (nSPS) is 32.2. The first kappa shape index (κ1) is 22.5. The van der Waals surface area contributed by atoms with Crippen molar-refractivity contribution in [3.63, 3.8) is 0 Å². The van der Waals surface area contributed by atoms with E-state index in [0.717, 1.165) is 28.9 Å². The van der Waals surface area contributed by atoms with Gasteiger partial charge in [0.05, 0.1) is 27.4 Å². The molecular weight excluding hydrogens is 506 g/mol. The number of alkyl halides is 3. The number of nitrogens with zero attached hydrogens (tertiary/aromatic N) is 1. The van der Waals surface area contributed by atoms with Crippen molar-refractivity contribution in [2.75, 3.05) is 10.7 Å². The van der Waals surface area contributed by atoms with E-state index in [0.29, 0.717) is 11.3 Å². The second-order valence-electron chi connectivity index (χ2n) is 9.08. The summed E-state index contributed by atoms with van der Waals surface area (Å²) < 4.78 is 54.1. The summed E-state index contributed by atoms with van der Waals surface area (Å²) in [5, 5.41) is 1.67. The monoisotopic (exact) mass is 521 g/mol. The van der Waals surface area contributed by atoms with Gasteiger partial charge in [-0.05, 0) is 53.1 Å². The maximum Gasteiger partial charge on any atom is 0.417 e. The number of anilines is 1. The summed E-state index contributed by atoms with van der Waals surface area (Å²) in [4.78, 5) is 39.5. The Morgan fingerprint density at radius 3 is 2.54 bits per heavy atom. The van der Waals surface area contributed by atoms with E-state index in [2.05, 4.69) is 5.41 Å². The fraction of sp³-hybridized carbons (Fsp3) is 0.240. The second-order valence-corrected chi connectivity index (χ2v) is 13.0. The number of benzene rings is 2. The first-order valence-electron chi connectivity index (χ1n) is 10.8. The number of ketones is 1. The van der Waals surface area contributed by atoms with Gasteiger partial charge in [0.1, 0.15) is 5.82 Å². The van der Waals surface area contributed by atoms with Crippen LogP contribution in [0.25, 0.3) is 6.08 Å². The lowest BCUT2D eigenvalue weighted by Gasteiger charge is -2.24. The SMILES string of the molecule is O=C(/C=C/c1ccc(N2C(=O)C3C4C=CS5(CC45)C3C2=O)c(F)c1)c1ccc(Cl)c(C(F)(F)F)c1. The number of allylic oxidation sites excluding steroid dienone is 2. The van der Waals surface area contributed by atoms with Crippen LogP contribution in [0.2, 0.25) is 5.02 Å². The Hall–Kier alpha value is -2.91. The number of amides is 2. The number of hydrogen-bond acceptors (Lipinski definition) is 3. The molecule has 5 unspecified atom stereocenters. The molecular formula is C25H16ClF4NO3S. The Morgan fingerprint density at radius 2 is 1.89 bits per heavy atom. The lowest BCUT2D eigenvalue weighted by molar-refractivity contribution is -0.137. The van der Waals surface area contributed by atoms with Gasteiger partial charge >= 0.3 is 6.18 Å². The van der Waals surface area contributed by atoms with Crippen molar-refractivity contribution in [3.8, 4) is 0 Å². The minimum absolute atomic E-state index is 0.0680. The van der Waals surface area contributed by atoms with Gasteiger partial charge in [-0.1, -0.05) is 29.8 Å². The van der Waals surface area contributed by atoms with Crippen LogP contribution in [0.15, 0.2) is 54.0 Å². The molecule has 5 atom stereocenters. The van der Waals surface area contributed by atoms with Crippen LogP contribution in [-0.4, -0.2) is 33.9 Å². The van der Waals surface area contributed by atoms with E-state index < -0.39 is 44.3 Å². The summed E-state index contributed by atoms with van der Waals surface area (Å²) in [6, 6.07) is 6.66. The molecule has 0 aromatic heterocycles. The molecule has 0 saturated carbocycles. The average molecular weight is 522 g/mol. The molecule has 3 saturated heterocycles. The number of hydrogen-bond donors (Lipinski definition) is 0. The molecule has 2 aromatic carbocycles. The highest BCUT2D eigenvalue weighted by Gasteiger charge is 2.75. The molecule has 0 spiro atoms. The molecule has 0 N–H and O–H groups in total. The highest BCUT2D eigenvalue weighted by atomic mass is 35.5. The van der Waals surface area contributed by atoms with Crippen LogP contribution in [0.1, 0.15) is 21.5 Å².